The van der Waals surface area contributed by atoms with E-state index in [0.717, 1.165) is 24.3 Å². The van der Waals surface area contributed by atoms with Gasteiger partial charge >= 0.3 is 0 Å². The van der Waals surface area contributed by atoms with Crippen molar-refractivity contribution in [3.8, 4) is 0 Å². The van der Waals surface area contributed by atoms with Crippen LogP contribution in [0, 0.1) is 5.92 Å². The van der Waals surface area contributed by atoms with Gasteiger partial charge in [0, 0.05) is 26.2 Å². The van der Waals surface area contributed by atoms with Gasteiger partial charge in [0.25, 0.3) is 5.91 Å². The molecule has 1 saturated heterocycles. The fourth-order valence-electron chi connectivity index (χ4n) is 2.74. The zero-order valence-electron chi connectivity index (χ0n) is 12.7. The van der Waals surface area contributed by atoms with Gasteiger partial charge in [0.1, 0.15) is 0 Å². The van der Waals surface area contributed by atoms with E-state index in [1.54, 1.807) is 22.0 Å². The molecule has 1 aliphatic rings. The van der Waals surface area contributed by atoms with Crippen LogP contribution in [0.4, 0.5) is 0 Å². The van der Waals surface area contributed by atoms with Crippen LogP contribution in [0.15, 0.2) is 42.8 Å². The highest BCUT2D eigenvalue weighted by Gasteiger charge is 2.31. The van der Waals surface area contributed by atoms with Gasteiger partial charge in [-0.1, -0.05) is 18.2 Å². The molecule has 1 aromatic heterocycles. The third kappa shape index (κ3) is 3.85. The molecule has 1 fully saturated rings. The van der Waals surface area contributed by atoms with E-state index >= 15 is 0 Å². The van der Waals surface area contributed by atoms with Crippen LogP contribution in [0.5, 0.6) is 0 Å². The normalized spacial score (nSPS) is 17.8. The molecular weight excluding hydrogens is 296 g/mol. The quantitative estimate of drug-likeness (QED) is 0.757. The molecular formula is C17H22N2O2S. The summed E-state index contributed by atoms with van der Waals surface area (Å²) in [6.07, 6.45) is 5.14. The maximum Gasteiger partial charge on any atom is 0.263 e. The van der Waals surface area contributed by atoms with E-state index in [-0.39, 0.29) is 17.7 Å². The van der Waals surface area contributed by atoms with Gasteiger partial charge in [-0.25, -0.2) is 0 Å². The summed E-state index contributed by atoms with van der Waals surface area (Å²) in [5.41, 5.74) is 0. The second-order valence-corrected chi connectivity index (χ2v) is 6.34. The van der Waals surface area contributed by atoms with Crippen molar-refractivity contribution in [3.05, 3.63) is 47.7 Å². The molecule has 2 heterocycles. The van der Waals surface area contributed by atoms with Crippen LogP contribution in [-0.4, -0.2) is 47.8 Å². The number of carbonyl (C=O) groups is 2. The van der Waals surface area contributed by atoms with Crippen LogP contribution in [0.2, 0.25) is 0 Å². The fourth-order valence-corrected chi connectivity index (χ4v) is 3.43. The topological polar surface area (TPSA) is 40.6 Å². The van der Waals surface area contributed by atoms with Crippen LogP contribution in [0.1, 0.15) is 22.5 Å². The van der Waals surface area contributed by atoms with Crippen LogP contribution < -0.4 is 0 Å². The number of piperidine rings is 1. The average Bonchev–Trinajstić information content (AvgIpc) is 3.08. The van der Waals surface area contributed by atoms with E-state index in [9.17, 15) is 9.59 Å². The van der Waals surface area contributed by atoms with Gasteiger partial charge in [0.05, 0.1) is 10.8 Å². The highest BCUT2D eigenvalue weighted by Crippen LogP contribution is 2.22. The number of carbonyl (C=O) groups excluding carboxylic acids is 2. The maximum absolute atomic E-state index is 12.6. The first-order valence-corrected chi connectivity index (χ1v) is 8.38. The summed E-state index contributed by atoms with van der Waals surface area (Å²) in [6, 6.07) is 3.71. The highest BCUT2D eigenvalue weighted by molar-refractivity contribution is 7.12. The summed E-state index contributed by atoms with van der Waals surface area (Å²) in [6.45, 7) is 9.65. The summed E-state index contributed by atoms with van der Waals surface area (Å²) in [4.78, 5) is 29.3. The van der Waals surface area contributed by atoms with E-state index in [4.69, 9.17) is 0 Å². The smallest absolute Gasteiger partial charge is 0.263 e. The Morgan fingerprint density at radius 3 is 2.68 bits per heavy atom. The Morgan fingerprint density at radius 2 is 2.09 bits per heavy atom. The molecule has 0 bridgehead atoms. The van der Waals surface area contributed by atoms with E-state index in [0.29, 0.717) is 19.6 Å². The van der Waals surface area contributed by atoms with Gasteiger partial charge in [-0.15, -0.1) is 24.5 Å². The van der Waals surface area contributed by atoms with E-state index < -0.39 is 0 Å². The second-order valence-electron chi connectivity index (χ2n) is 5.39. The molecule has 118 valence electrons. The van der Waals surface area contributed by atoms with Crippen molar-refractivity contribution in [1.29, 1.82) is 0 Å². The van der Waals surface area contributed by atoms with Crippen molar-refractivity contribution in [2.75, 3.05) is 26.2 Å². The molecule has 0 saturated carbocycles. The van der Waals surface area contributed by atoms with Gasteiger partial charge in [-0.3, -0.25) is 9.59 Å². The molecule has 22 heavy (non-hydrogen) atoms. The lowest BCUT2D eigenvalue weighted by Gasteiger charge is -2.34. The maximum atomic E-state index is 12.6. The van der Waals surface area contributed by atoms with E-state index in [1.807, 2.05) is 17.5 Å². The average molecular weight is 318 g/mol. The minimum atomic E-state index is -0.127. The zero-order valence-corrected chi connectivity index (χ0v) is 13.6. The predicted octanol–water partition coefficient (Wildman–Crippen LogP) is 2.80. The number of thiophene rings is 1. The van der Waals surface area contributed by atoms with Crippen LogP contribution in [0.25, 0.3) is 0 Å². The number of nitrogens with zero attached hydrogens (tertiary/aromatic N) is 2. The molecule has 1 aliphatic heterocycles. The Morgan fingerprint density at radius 1 is 1.36 bits per heavy atom. The van der Waals surface area contributed by atoms with Gasteiger partial charge < -0.3 is 9.80 Å². The molecule has 0 aromatic carbocycles. The monoisotopic (exact) mass is 318 g/mol. The Balaban J connectivity index is 2.03. The molecule has 2 amide bonds. The van der Waals surface area contributed by atoms with Crippen molar-refractivity contribution in [2.24, 2.45) is 5.92 Å². The number of hydrogen-bond acceptors (Lipinski definition) is 3. The number of rotatable bonds is 6. The molecule has 1 aromatic rings. The minimum absolute atomic E-state index is 0.0338. The molecule has 4 nitrogen and oxygen atoms in total. The summed E-state index contributed by atoms with van der Waals surface area (Å²) in [5, 5.41) is 1.90. The van der Waals surface area contributed by atoms with Gasteiger partial charge in [-0.05, 0) is 24.3 Å². The second kappa shape index (κ2) is 7.94. The van der Waals surface area contributed by atoms with Crippen molar-refractivity contribution in [1.82, 2.24) is 9.80 Å². The Labute approximate surface area is 135 Å². The molecule has 1 unspecified atom stereocenters. The third-order valence-corrected chi connectivity index (χ3v) is 4.66. The minimum Gasteiger partial charge on any atom is -0.337 e. The summed E-state index contributed by atoms with van der Waals surface area (Å²) in [5.74, 6) is -0.00691. The lowest BCUT2D eigenvalue weighted by atomic mass is 9.96. The zero-order chi connectivity index (χ0) is 15.9. The Hall–Kier alpha value is -1.88. The first-order chi connectivity index (χ1) is 10.7. The number of likely N-dealkylation sites (tertiary alicyclic amines) is 1. The molecule has 0 spiro atoms. The number of hydrogen-bond donors (Lipinski definition) is 0. The third-order valence-electron chi connectivity index (χ3n) is 3.80. The Bertz CT molecular complexity index is 529. The standard InChI is InChI=1S/C17H22N2O2S/c1-3-9-18(10-4-2)16(20)14-7-5-11-19(13-14)17(21)15-8-6-12-22-15/h3-4,6,8,12,14H,1-2,5,7,9-11,13H2. The first kappa shape index (κ1) is 16.5. The van der Waals surface area contributed by atoms with Crippen molar-refractivity contribution < 1.29 is 9.59 Å². The summed E-state index contributed by atoms with van der Waals surface area (Å²) < 4.78 is 0. The largest absolute Gasteiger partial charge is 0.337 e. The van der Waals surface area contributed by atoms with Gasteiger partial charge in [-0.2, -0.15) is 0 Å². The van der Waals surface area contributed by atoms with E-state index in [1.165, 1.54) is 11.3 Å². The predicted molar refractivity (Wildman–Crippen MR) is 89.9 cm³/mol. The lowest BCUT2D eigenvalue weighted by Crippen LogP contribution is -2.46. The lowest BCUT2D eigenvalue weighted by molar-refractivity contribution is -0.135. The Kier molecular flexibility index (Phi) is 5.95. The van der Waals surface area contributed by atoms with Gasteiger partial charge in [0.15, 0.2) is 0 Å². The molecule has 0 aliphatic carbocycles. The van der Waals surface area contributed by atoms with Crippen LogP contribution in [-0.2, 0) is 4.79 Å². The van der Waals surface area contributed by atoms with E-state index in [2.05, 4.69) is 13.2 Å². The van der Waals surface area contributed by atoms with Crippen molar-refractivity contribution >= 4 is 23.2 Å². The molecule has 5 heteroatoms. The van der Waals surface area contributed by atoms with Crippen molar-refractivity contribution in [3.63, 3.8) is 0 Å². The SMILES string of the molecule is C=CCN(CC=C)C(=O)C1CCCN(C(=O)c2cccs2)C1. The highest BCUT2D eigenvalue weighted by atomic mass is 32.1. The van der Waals surface area contributed by atoms with Crippen molar-refractivity contribution in [2.45, 2.75) is 12.8 Å². The van der Waals surface area contributed by atoms with Crippen LogP contribution in [0.3, 0.4) is 0 Å². The fraction of sp³-hybridized carbons (Fsp3) is 0.412. The molecule has 2 rings (SSSR count). The molecule has 0 radical (unpaired) electrons. The van der Waals surface area contributed by atoms with Gasteiger partial charge in [0.2, 0.25) is 5.91 Å². The molecule has 0 N–H and O–H groups in total. The first-order valence-electron chi connectivity index (χ1n) is 7.50. The molecule has 1 atom stereocenters. The summed E-state index contributed by atoms with van der Waals surface area (Å²) in [7, 11) is 0. The van der Waals surface area contributed by atoms with Crippen LogP contribution >= 0.6 is 11.3 Å². The summed E-state index contributed by atoms with van der Waals surface area (Å²) >= 11 is 1.44. The number of amides is 2.